The molecule has 33 heavy (non-hydrogen) atoms. The van der Waals surface area contributed by atoms with Gasteiger partial charge >= 0.3 is 0 Å². The first kappa shape index (κ1) is 20.6. The quantitative estimate of drug-likeness (QED) is 0.477. The fourth-order valence-corrected chi connectivity index (χ4v) is 3.68. The average Bonchev–Trinajstić information content (AvgIpc) is 3.29. The molecule has 2 aromatic carbocycles. The summed E-state index contributed by atoms with van der Waals surface area (Å²) >= 11 is 0. The summed E-state index contributed by atoms with van der Waals surface area (Å²) in [5, 5.41) is 2.79. The zero-order valence-corrected chi connectivity index (χ0v) is 18.1. The van der Waals surface area contributed by atoms with Gasteiger partial charge in [0.1, 0.15) is 22.6 Å². The van der Waals surface area contributed by atoms with E-state index >= 15 is 0 Å². The smallest absolute Gasteiger partial charge is 0.298 e. The zero-order chi connectivity index (χ0) is 22.8. The zero-order valence-electron chi connectivity index (χ0n) is 18.1. The largest absolute Gasteiger partial charge is 0.497 e. The number of methoxy groups -OCH3 is 1. The molecule has 1 saturated heterocycles. The highest BCUT2D eigenvalue weighted by molar-refractivity contribution is 6.07. The van der Waals surface area contributed by atoms with E-state index in [1.54, 1.807) is 31.4 Å². The molecule has 0 saturated carbocycles. The summed E-state index contributed by atoms with van der Waals surface area (Å²) in [7, 11) is 1.59. The molecule has 0 unspecified atom stereocenters. The second kappa shape index (κ2) is 8.65. The molecule has 0 bridgehead atoms. The number of nitrogens with two attached hydrogens (primary N) is 1. The number of anilines is 4. The van der Waals surface area contributed by atoms with Crippen molar-refractivity contribution in [3.8, 4) is 5.75 Å². The molecule has 1 aliphatic rings. The fourth-order valence-electron chi connectivity index (χ4n) is 3.68. The number of hydrogen-bond donors (Lipinski definition) is 2. The molecule has 0 spiro atoms. The standard InChI is InChI=1S/C23H23N7O3/c1-32-16-8-6-15(7-9-16)26-21(31)17-14-25-22(28-20(17)24)29-10-12-30(13-11-29)23-27-18-4-2-3-5-19(18)33-23/h2-9,14H,10-13H2,1H3,(H,26,31)(H2,24,25,28). The molecule has 0 aliphatic carbocycles. The van der Waals surface area contributed by atoms with Gasteiger partial charge in [-0.1, -0.05) is 12.1 Å². The van der Waals surface area contributed by atoms with E-state index in [0.717, 1.165) is 11.1 Å². The van der Waals surface area contributed by atoms with Gasteiger partial charge in [-0.25, -0.2) is 4.98 Å². The molecule has 1 fully saturated rings. The monoisotopic (exact) mass is 445 g/mol. The van der Waals surface area contributed by atoms with Gasteiger partial charge in [-0.05, 0) is 36.4 Å². The van der Waals surface area contributed by atoms with Crippen molar-refractivity contribution in [1.29, 1.82) is 0 Å². The second-order valence-electron chi connectivity index (χ2n) is 7.59. The Morgan fingerprint density at radius 3 is 2.45 bits per heavy atom. The van der Waals surface area contributed by atoms with E-state index in [4.69, 9.17) is 14.9 Å². The molecular weight excluding hydrogens is 422 g/mol. The lowest BCUT2D eigenvalue weighted by atomic mass is 10.2. The predicted octanol–water partition coefficient (Wildman–Crippen LogP) is 2.79. The SMILES string of the molecule is COc1ccc(NC(=O)c2cnc(N3CCN(c4nc5ccccc5o4)CC3)nc2N)cc1. The van der Waals surface area contributed by atoms with E-state index in [1.165, 1.54) is 6.20 Å². The number of nitrogen functional groups attached to an aromatic ring is 1. The molecule has 5 rings (SSSR count). The number of rotatable bonds is 5. The normalized spacial score (nSPS) is 13.8. The Bertz CT molecular complexity index is 1250. The van der Waals surface area contributed by atoms with Gasteiger partial charge in [-0.3, -0.25) is 4.79 Å². The van der Waals surface area contributed by atoms with Crippen molar-refractivity contribution in [3.63, 3.8) is 0 Å². The molecule has 1 aliphatic heterocycles. The molecule has 1 amide bonds. The summed E-state index contributed by atoms with van der Waals surface area (Å²) in [5.41, 5.74) is 8.56. The van der Waals surface area contributed by atoms with E-state index in [2.05, 4.69) is 25.2 Å². The van der Waals surface area contributed by atoms with Crippen LogP contribution in [0.5, 0.6) is 5.75 Å². The van der Waals surface area contributed by atoms with Crippen LogP contribution in [-0.4, -0.2) is 54.1 Å². The van der Waals surface area contributed by atoms with Crippen molar-refractivity contribution < 1.29 is 13.9 Å². The van der Waals surface area contributed by atoms with Crippen LogP contribution in [0.1, 0.15) is 10.4 Å². The predicted molar refractivity (Wildman–Crippen MR) is 126 cm³/mol. The van der Waals surface area contributed by atoms with Crippen LogP contribution in [0.4, 0.5) is 23.5 Å². The summed E-state index contributed by atoms with van der Waals surface area (Å²) < 4.78 is 11.0. The van der Waals surface area contributed by atoms with Gasteiger partial charge in [0.25, 0.3) is 11.9 Å². The number of carbonyl (C=O) groups is 1. The Labute approximate surface area is 190 Å². The summed E-state index contributed by atoms with van der Waals surface area (Å²) in [6.45, 7) is 2.76. The van der Waals surface area contributed by atoms with E-state index in [9.17, 15) is 4.79 Å². The minimum atomic E-state index is -0.370. The third-order valence-electron chi connectivity index (χ3n) is 5.51. The van der Waals surface area contributed by atoms with Crippen molar-refractivity contribution in [2.45, 2.75) is 0 Å². The Balaban J connectivity index is 1.23. The fraction of sp³-hybridized carbons (Fsp3) is 0.217. The van der Waals surface area contributed by atoms with Crippen LogP contribution in [0.15, 0.2) is 59.1 Å². The second-order valence-corrected chi connectivity index (χ2v) is 7.59. The molecule has 3 heterocycles. The highest BCUT2D eigenvalue weighted by Gasteiger charge is 2.23. The van der Waals surface area contributed by atoms with Crippen molar-refractivity contribution in [3.05, 3.63) is 60.3 Å². The summed E-state index contributed by atoms with van der Waals surface area (Å²) in [4.78, 5) is 30.1. The number of benzene rings is 2. The molecule has 10 nitrogen and oxygen atoms in total. The first-order valence-corrected chi connectivity index (χ1v) is 10.5. The van der Waals surface area contributed by atoms with E-state index in [1.807, 2.05) is 29.2 Å². The number of carbonyl (C=O) groups excluding carboxylic acids is 1. The first-order valence-electron chi connectivity index (χ1n) is 10.5. The minimum Gasteiger partial charge on any atom is -0.497 e. The molecule has 0 radical (unpaired) electrons. The van der Waals surface area contributed by atoms with Gasteiger partial charge in [-0.15, -0.1) is 0 Å². The van der Waals surface area contributed by atoms with Gasteiger partial charge in [-0.2, -0.15) is 9.97 Å². The van der Waals surface area contributed by atoms with Gasteiger partial charge in [0.15, 0.2) is 5.58 Å². The molecule has 3 N–H and O–H groups in total. The van der Waals surface area contributed by atoms with Crippen LogP contribution in [0.2, 0.25) is 0 Å². The molecule has 168 valence electrons. The number of amides is 1. The lowest BCUT2D eigenvalue weighted by Gasteiger charge is -2.33. The summed E-state index contributed by atoms with van der Waals surface area (Å²) in [5.74, 6) is 0.958. The third-order valence-corrected chi connectivity index (χ3v) is 5.51. The topological polar surface area (TPSA) is 123 Å². The minimum absolute atomic E-state index is 0.132. The number of ether oxygens (including phenoxy) is 1. The van der Waals surface area contributed by atoms with Gasteiger partial charge in [0, 0.05) is 38.1 Å². The Morgan fingerprint density at radius 2 is 1.76 bits per heavy atom. The Morgan fingerprint density at radius 1 is 1.03 bits per heavy atom. The van der Waals surface area contributed by atoms with Crippen molar-refractivity contribution in [1.82, 2.24) is 15.0 Å². The number of fused-ring (bicyclic) bond motifs is 1. The lowest BCUT2D eigenvalue weighted by molar-refractivity contribution is 0.102. The number of aromatic nitrogens is 3. The van der Waals surface area contributed by atoms with Crippen LogP contribution < -0.4 is 25.6 Å². The Hall–Kier alpha value is -4.34. The van der Waals surface area contributed by atoms with E-state index in [0.29, 0.717) is 49.6 Å². The number of nitrogens with one attached hydrogen (secondary N) is 1. The third kappa shape index (κ3) is 4.22. The number of para-hydroxylation sites is 2. The number of nitrogens with zero attached hydrogens (tertiary/aromatic N) is 5. The maximum atomic E-state index is 12.6. The van der Waals surface area contributed by atoms with Crippen molar-refractivity contribution >= 4 is 40.5 Å². The van der Waals surface area contributed by atoms with Gasteiger partial charge in [0.2, 0.25) is 5.95 Å². The van der Waals surface area contributed by atoms with Gasteiger partial charge < -0.3 is 30.0 Å². The van der Waals surface area contributed by atoms with Crippen molar-refractivity contribution in [2.75, 3.05) is 54.1 Å². The first-order chi connectivity index (χ1) is 16.1. The summed E-state index contributed by atoms with van der Waals surface area (Å²) in [6, 6.07) is 15.3. The average molecular weight is 445 g/mol. The maximum Gasteiger partial charge on any atom is 0.298 e. The highest BCUT2D eigenvalue weighted by atomic mass is 16.5. The number of hydrogen-bond acceptors (Lipinski definition) is 9. The summed E-state index contributed by atoms with van der Waals surface area (Å²) in [6.07, 6.45) is 1.46. The number of oxazole rings is 1. The Kier molecular flexibility index (Phi) is 5.39. The molecule has 4 aromatic rings. The van der Waals surface area contributed by atoms with Crippen LogP contribution in [-0.2, 0) is 0 Å². The maximum absolute atomic E-state index is 12.6. The van der Waals surface area contributed by atoms with Crippen molar-refractivity contribution in [2.24, 2.45) is 0 Å². The van der Waals surface area contributed by atoms with Gasteiger partial charge in [0.05, 0.1) is 7.11 Å². The molecule has 0 atom stereocenters. The molecule has 2 aromatic heterocycles. The molecule has 10 heteroatoms. The van der Waals surface area contributed by atoms with Crippen LogP contribution >= 0.6 is 0 Å². The lowest BCUT2D eigenvalue weighted by Crippen LogP contribution is -2.47. The van der Waals surface area contributed by atoms with Crippen LogP contribution in [0.25, 0.3) is 11.1 Å². The van der Waals surface area contributed by atoms with Crippen LogP contribution in [0.3, 0.4) is 0 Å². The van der Waals surface area contributed by atoms with E-state index < -0.39 is 0 Å². The van der Waals surface area contributed by atoms with E-state index in [-0.39, 0.29) is 17.3 Å². The highest BCUT2D eigenvalue weighted by Crippen LogP contribution is 2.24. The molecular formula is C23H23N7O3. The van der Waals surface area contributed by atoms with Crippen LogP contribution in [0, 0.1) is 0 Å². The number of piperazine rings is 1.